The Kier molecular flexibility index (Phi) is 3.75. The molecule has 1 saturated heterocycles. The van der Waals surface area contributed by atoms with Crippen LogP contribution in [-0.4, -0.2) is 34.9 Å². The fourth-order valence-electron chi connectivity index (χ4n) is 2.20. The number of carbonyl (C=O) groups is 1. The van der Waals surface area contributed by atoms with E-state index in [-0.39, 0.29) is 17.3 Å². The molecule has 1 aromatic rings. The molecule has 102 valence electrons. The van der Waals surface area contributed by atoms with Gasteiger partial charge in [-0.05, 0) is 25.0 Å². The van der Waals surface area contributed by atoms with Crippen LogP contribution in [-0.2, 0) is 0 Å². The average molecular weight is 267 g/mol. The minimum absolute atomic E-state index is 0.134. The van der Waals surface area contributed by atoms with Gasteiger partial charge in [-0.3, -0.25) is 14.9 Å². The van der Waals surface area contributed by atoms with Crippen LogP contribution < -0.4 is 5.73 Å². The normalized spacial score (nSPS) is 19.3. The van der Waals surface area contributed by atoms with Crippen molar-refractivity contribution in [1.82, 2.24) is 4.90 Å². The number of amides is 1. The fourth-order valence-corrected chi connectivity index (χ4v) is 2.20. The number of halogens is 1. The minimum Gasteiger partial charge on any atom is -0.337 e. The molecule has 2 N–H and O–H groups in total. The van der Waals surface area contributed by atoms with Crippen LogP contribution in [0.1, 0.15) is 23.2 Å². The highest BCUT2D eigenvalue weighted by Gasteiger charge is 2.28. The van der Waals surface area contributed by atoms with Crippen molar-refractivity contribution in [3.05, 3.63) is 39.7 Å². The van der Waals surface area contributed by atoms with E-state index in [1.54, 1.807) is 0 Å². The van der Waals surface area contributed by atoms with Gasteiger partial charge in [0.05, 0.1) is 4.92 Å². The molecule has 0 spiro atoms. The van der Waals surface area contributed by atoms with Gasteiger partial charge in [0, 0.05) is 25.2 Å². The fraction of sp³-hybridized carbons (Fsp3) is 0.417. The van der Waals surface area contributed by atoms with Gasteiger partial charge in [0.1, 0.15) is 11.4 Å². The Hall–Kier alpha value is -2.02. The Labute approximate surface area is 109 Å². The molecular weight excluding hydrogens is 253 g/mol. The van der Waals surface area contributed by atoms with Crippen LogP contribution in [0.5, 0.6) is 0 Å². The molecule has 6 nitrogen and oxygen atoms in total. The summed E-state index contributed by atoms with van der Waals surface area (Å²) in [6, 6.07) is 2.74. The molecule has 1 heterocycles. The zero-order valence-corrected chi connectivity index (χ0v) is 10.2. The maximum absolute atomic E-state index is 13.2. The quantitative estimate of drug-likeness (QED) is 0.646. The van der Waals surface area contributed by atoms with Crippen molar-refractivity contribution in [3.8, 4) is 0 Å². The van der Waals surface area contributed by atoms with Crippen LogP contribution in [0.25, 0.3) is 0 Å². The summed E-state index contributed by atoms with van der Waals surface area (Å²) in [5, 5.41) is 10.9. The summed E-state index contributed by atoms with van der Waals surface area (Å²) in [5.74, 6) is -1.21. The molecule has 2 rings (SSSR count). The van der Waals surface area contributed by atoms with Crippen molar-refractivity contribution < 1.29 is 14.1 Å². The third-order valence-corrected chi connectivity index (χ3v) is 3.13. The number of nitrogens with two attached hydrogens (primary N) is 1. The number of nitro groups is 1. The molecule has 1 amide bonds. The van der Waals surface area contributed by atoms with E-state index in [4.69, 9.17) is 5.73 Å². The molecule has 1 aromatic carbocycles. The summed E-state index contributed by atoms with van der Waals surface area (Å²) in [6.07, 6.45) is 1.56. The van der Waals surface area contributed by atoms with Crippen molar-refractivity contribution in [2.75, 3.05) is 13.1 Å². The van der Waals surface area contributed by atoms with Crippen molar-refractivity contribution in [1.29, 1.82) is 0 Å². The van der Waals surface area contributed by atoms with Crippen molar-refractivity contribution in [2.24, 2.45) is 5.73 Å². The lowest BCUT2D eigenvalue weighted by atomic mass is 10.0. The summed E-state index contributed by atoms with van der Waals surface area (Å²) in [7, 11) is 0. The number of hydrogen-bond acceptors (Lipinski definition) is 4. The Morgan fingerprint density at radius 2 is 2.26 bits per heavy atom. The predicted molar refractivity (Wildman–Crippen MR) is 66.2 cm³/mol. The third kappa shape index (κ3) is 2.87. The van der Waals surface area contributed by atoms with Crippen molar-refractivity contribution in [3.63, 3.8) is 0 Å². The number of benzene rings is 1. The first-order valence-corrected chi connectivity index (χ1v) is 5.98. The molecule has 0 saturated carbocycles. The van der Waals surface area contributed by atoms with Gasteiger partial charge < -0.3 is 10.6 Å². The number of nitrogens with zero attached hydrogens (tertiary/aromatic N) is 2. The van der Waals surface area contributed by atoms with E-state index in [0.717, 1.165) is 31.0 Å². The number of nitro benzene ring substituents is 1. The lowest BCUT2D eigenvalue weighted by molar-refractivity contribution is -0.385. The monoisotopic (exact) mass is 267 g/mol. The van der Waals surface area contributed by atoms with E-state index >= 15 is 0 Å². The predicted octanol–water partition coefficient (Wildman–Crippen LogP) is 1.30. The zero-order valence-electron chi connectivity index (χ0n) is 10.2. The Bertz CT molecular complexity index is 521. The summed E-state index contributed by atoms with van der Waals surface area (Å²) in [6.45, 7) is 0.826. The third-order valence-electron chi connectivity index (χ3n) is 3.13. The summed E-state index contributed by atoms with van der Waals surface area (Å²) in [4.78, 5) is 23.9. The highest BCUT2D eigenvalue weighted by Crippen LogP contribution is 2.22. The van der Waals surface area contributed by atoms with Crippen molar-refractivity contribution >= 4 is 11.6 Å². The molecule has 19 heavy (non-hydrogen) atoms. The number of likely N-dealkylation sites (tertiary alicyclic amines) is 1. The maximum atomic E-state index is 13.2. The Balaban J connectivity index is 2.32. The first-order valence-electron chi connectivity index (χ1n) is 5.98. The first-order chi connectivity index (χ1) is 8.99. The second-order valence-corrected chi connectivity index (χ2v) is 4.57. The topological polar surface area (TPSA) is 89.5 Å². The Morgan fingerprint density at radius 3 is 2.89 bits per heavy atom. The maximum Gasteiger partial charge on any atom is 0.282 e. The van der Waals surface area contributed by atoms with Gasteiger partial charge >= 0.3 is 0 Å². The van der Waals surface area contributed by atoms with Gasteiger partial charge in [0.2, 0.25) is 0 Å². The molecule has 0 aliphatic carbocycles. The molecule has 1 aliphatic heterocycles. The second kappa shape index (κ2) is 5.31. The Morgan fingerprint density at radius 1 is 1.53 bits per heavy atom. The smallest absolute Gasteiger partial charge is 0.282 e. The largest absolute Gasteiger partial charge is 0.337 e. The standard InChI is InChI=1S/C12H14FN3O3/c13-8-3-4-11(16(18)19)10(6-8)12(17)15-5-1-2-9(14)7-15/h3-4,6,9H,1-2,5,7,14H2/t9-/m1/s1. The van der Waals surface area contributed by atoms with Gasteiger partial charge in [0.25, 0.3) is 11.6 Å². The van der Waals surface area contributed by atoms with E-state index in [9.17, 15) is 19.3 Å². The molecule has 1 aliphatic rings. The SMILES string of the molecule is N[C@@H]1CCCN(C(=O)c2cc(F)ccc2[N+](=O)[O-])C1. The van der Waals surface area contributed by atoms with E-state index in [0.29, 0.717) is 13.1 Å². The summed E-state index contributed by atoms with van der Waals surface area (Å²) >= 11 is 0. The molecular formula is C12H14FN3O3. The van der Waals surface area contributed by atoms with E-state index in [1.165, 1.54) is 4.90 Å². The zero-order chi connectivity index (χ0) is 14.0. The second-order valence-electron chi connectivity index (χ2n) is 4.57. The lowest BCUT2D eigenvalue weighted by Crippen LogP contribution is -2.45. The van der Waals surface area contributed by atoms with E-state index in [1.807, 2.05) is 0 Å². The number of piperidine rings is 1. The number of hydrogen-bond donors (Lipinski definition) is 1. The average Bonchev–Trinajstić information content (AvgIpc) is 2.37. The van der Waals surface area contributed by atoms with Crippen molar-refractivity contribution in [2.45, 2.75) is 18.9 Å². The van der Waals surface area contributed by atoms with Gasteiger partial charge in [-0.1, -0.05) is 0 Å². The van der Waals surface area contributed by atoms with Crippen LogP contribution >= 0.6 is 0 Å². The summed E-state index contributed by atoms with van der Waals surface area (Å²) in [5.41, 5.74) is 5.16. The highest BCUT2D eigenvalue weighted by atomic mass is 19.1. The van der Waals surface area contributed by atoms with Crippen LogP contribution in [0.4, 0.5) is 10.1 Å². The van der Waals surface area contributed by atoms with Gasteiger partial charge in [-0.25, -0.2) is 4.39 Å². The van der Waals surface area contributed by atoms with Crippen LogP contribution in [0.2, 0.25) is 0 Å². The molecule has 1 fully saturated rings. The number of carbonyl (C=O) groups excluding carboxylic acids is 1. The molecule has 0 bridgehead atoms. The summed E-state index contributed by atoms with van der Waals surface area (Å²) < 4.78 is 13.2. The molecule has 0 aromatic heterocycles. The van der Waals surface area contributed by atoms with Crippen LogP contribution in [0.15, 0.2) is 18.2 Å². The molecule has 0 unspecified atom stereocenters. The lowest BCUT2D eigenvalue weighted by Gasteiger charge is -2.30. The highest BCUT2D eigenvalue weighted by molar-refractivity contribution is 5.98. The molecule has 7 heteroatoms. The molecule has 1 atom stereocenters. The van der Waals surface area contributed by atoms with E-state index < -0.39 is 16.6 Å². The molecule has 0 radical (unpaired) electrons. The first kappa shape index (κ1) is 13.4. The number of rotatable bonds is 2. The van der Waals surface area contributed by atoms with Crippen LogP contribution in [0, 0.1) is 15.9 Å². The minimum atomic E-state index is -0.684. The van der Waals surface area contributed by atoms with Gasteiger partial charge in [-0.2, -0.15) is 0 Å². The van der Waals surface area contributed by atoms with Gasteiger partial charge in [0.15, 0.2) is 0 Å². The van der Waals surface area contributed by atoms with E-state index in [2.05, 4.69) is 0 Å². The van der Waals surface area contributed by atoms with Crippen LogP contribution in [0.3, 0.4) is 0 Å². The van der Waals surface area contributed by atoms with Gasteiger partial charge in [-0.15, -0.1) is 0 Å².